The highest BCUT2D eigenvalue weighted by Gasteiger charge is 2.15. The van der Waals surface area contributed by atoms with E-state index in [1.165, 1.54) is 0 Å². The molecule has 1 aliphatic rings. The number of methoxy groups -OCH3 is 1. The lowest BCUT2D eigenvalue weighted by molar-refractivity contribution is -0.134. The maximum atomic E-state index is 11.8. The van der Waals surface area contributed by atoms with Crippen molar-refractivity contribution >= 4 is 5.91 Å². The first-order valence-electron chi connectivity index (χ1n) is 6.97. The highest BCUT2D eigenvalue weighted by molar-refractivity contribution is 5.78. The maximum Gasteiger partial charge on any atom is 0.236 e. The number of carbonyl (C=O) groups is 1. The Morgan fingerprint density at radius 2 is 2.00 bits per heavy atom. The minimum atomic E-state index is 0.166. The minimum Gasteiger partial charge on any atom is -0.382 e. The molecule has 1 N–H and O–H groups in total. The predicted molar refractivity (Wildman–Crippen MR) is 72.2 cm³/mol. The zero-order valence-corrected chi connectivity index (χ0v) is 11.9. The number of carbonyl (C=O) groups excluding carboxylic acids is 1. The zero-order valence-electron chi connectivity index (χ0n) is 11.9. The smallest absolute Gasteiger partial charge is 0.236 e. The van der Waals surface area contributed by atoms with Gasteiger partial charge in [0.1, 0.15) is 0 Å². The van der Waals surface area contributed by atoms with Crippen LogP contribution in [0.15, 0.2) is 0 Å². The Labute approximate surface area is 115 Å². The SMILES string of the molecule is COCCOCCCCNCC(=O)N1CCOCC1. The number of morpholine rings is 1. The van der Waals surface area contributed by atoms with Crippen molar-refractivity contribution < 1.29 is 19.0 Å². The second kappa shape index (κ2) is 11.2. The number of nitrogens with zero attached hydrogens (tertiary/aromatic N) is 1. The molecular weight excluding hydrogens is 248 g/mol. The molecule has 19 heavy (non-hydrogen) atoms. The number of unbranched alkanes of at least 4 members (excludes halogenated alkanes) is 1. The number of ether oxygens (including phenoxy) is 3. The first-order chi connectivity index (χ1) is 9.34. The molecule has 0 aromatic carbocycles. The third kappa shape index (κ3) is 8.15. The first-order valence-corrected chi connectivity index (χ1v) is 6.97. The molecule has 0 aliphatic carbocycles. The van der Waals surface area contributed by atoms with E-state index in [0.29, 0.717) is 46.1 Å². The van der Waals surface area contributed by atoms with Gasteiger partial charge in [0.05, 0.1) is 33.0 Å². The summed E-state index contributed by atoms with van der Waals surface area (Å²) in [7, 11) is 1.67. The van der Waals surface area contributed by atoms with Gasteiger partial charge in [-0.1, -0.05) is 0 Å². The van der Waals surface area contributed by atoms with Crippen LogP contribution < -0.4 is 5.32 Å². The summed E-state index contributed by atoms with van der Waals surface area (Å²) in [5.74, 6) is 0.166. The van der Waals surface area contributed by atoms with Gasteiger partial charge in [-0.25, -0.2) is 0 Å². The largest absolute Gasteiger partial charge is 0.382 e. The van der Waals surface area contributed by atoms with Gasteiger partial charge in [-0.15, -0.1) is 0 Å². The van der Waals surface area contributed by atoms with E-state index in [-0.39, 0.29) is 5.91 Å². The summed E-state index contributed by atoms with van der Waals surface area (Å²) < 4.78 is 15.4. The van der Waals surface area contributed by atoms with Gasteiger partial charge in [0.15, 0.2) is 0 Å². The van der Waals surface area contributed by atoms with E-state index in [4.69, 9.17) is 14.2 Å². The van der Waals surface area contributed by atoms with Gasteiger partial charge >= 0.3 is 0 Å². The third-order valence-corrected chi connectivity index (χ3v) is 2.96. The Hall–Kier alpha value is -0.690. The summed E-state index contributed by atoms with van der Waals surface area (Å²) in [6.45, 7) is 6.07. The molecule has 0 aromatic heterocycles. The van der Waals surface area contributed by atoms with Gasteiger partial charge in [-0.2, -0.15) is 0 Å². The fraction of sp³-hybridized carbons (Fsp3) is 0.923. The van der Waals surface area contributed by atoms with Crippen molar-refractivity contribution in [2.45, 2.75) is 12.8 Å². The van der Waals surface area contributed by atoms with E-state index in [1.807, 2.05) is 4.90 Å². The molecule has 1 aliphatic heterocycles. The predicted octanol–water partition coefficient (Wildman–Crippen LogP) is -0.122. The normalized spacial score (nSPS) is 15.7. The zero-order chi connectivity index (χ0) is 13.8. The molecule has 0 bridgehead atoms. The van der Waals surface area contributed by atoms with E-state index in [1.54, 1.807) is 7.11 Å². The monoisotopic (exact) mass is 274 g/mol. The molecule has 1 rings (SSSR count). The molecule has 0 aromatic rings. The standard InChI is InChI=1S/C13H26N2O4/c1-17-10-11-18-7-3-2-4-14-12-13(16)15-5-8-19-9-6-15/h14H,2-12H2,1H3. The van der Waals surface area contributed by atoms with Gasteiger partial charge in [-0.3, -0.25) is 4.79 Å². The van der Waals surface area contributed by atoms with Crippen molar-refractivity contribution in [3.8, 4) is 0 Å². The highest BCUT2D eigenvalue weighted by Crippen LogP contribution is 1.96. The molecule has 6 nitrogen and oxygen atoms in total. The summed E-state index contributed by atoms with van der Waals surface area (Å²) in [5, 5.41) is 3.17. The highest BCUT2D eigenvalue weighted by atomic mass is 16.5. The van der Waals surface area contributed by atoms with E-state index < -0.39 is 0 Å². The molecule has 0 spiro atoms. The summed E-state index contributed by atoms with van der Waals surface area (Å²) in [6, 6.07) is 0. The molecule has 0 unspecified atom stereocenters. The van der Waals surface area contributed by atoms with Crippen LogP contribution in [0.4, 0.5) is 0 Å². The van der Waals surface area contributed by atoms with Crippen LogP contribution in [0.2, 0.25) is 0 Å². The van der Waals surface area contributed by atoms with Gasteiger partial charge in [0.25, 0.3) is 0 Å². The average molecular weight is 274 g/mol. The van der Waals surface area contributed by atoms with Crippen molar-refractivity contribution in [2.24, 2.45) is 0 Å². The van der Waals surface area contributed by atoms with Crippen LogP contribution in [0.5, 0.6) is 0 Å². The molecule has 1 fully saturated rings. The summed E-state index contributed by atoms with van der Waals surface area (Å²) >= 11 is 0. The maximum absolute atomic E-state index is 11.8. The molecule has 1 heterocycles. The molecule has 0 radical (unpaired) electrons. The molecule has 0 atom stereocenters. The molecular formula is C13H26N2O4. The third-order valence-electron chi connectivity index (χ3n) is 2.96. The van der Waals surface area contributed by atoms with Crippen molar-refractivity contribution in [1.82, 2.24) is 10.2 Å². The molecule has 1 amide bonds. The van der Waals surface area contributed by atoms with E-state index in [9.17, 15) is 4.79 Å². The van der Waals surface area contributed by atoms with Crippen LogP contribution in [0, 0.1) is 0 Å². The Bertz CT molecular complexity index is 233. The van der Waals surface area contributed by atoms with Crippen LogP contribution in [-0.2, 0) is 19.0 Å². The minimum absolute atomic E-state index is 0.166. The summed E-state index contributed by atoms with van der Waals surface area (Å²) in [4.78, 5) is 13.6. The Balaban J connectivity index is 1.86. The van der Waals surface area contributed by atoms with Crippen molar-refractivity contribution in [3.63, 3.8) is 0 Å². The van der Waals surface area contributed by atoms with Gasteiger partial charge in [0, 0.05) is 26.8 Å². The van der Waals surface area contributed by atoms with Crippen LogP contribution in [0.3, 0.4) is 0 Å². The second-order valence-electron chi connectivity index (χ2n) is 4.48. The molecule has 6 heteroatoms. The lowest BCUT2D eigenvalue weighted by Gasteiger charge is -2.26. The Kier molecular flexibility index (Phi) is 9.61. The average Bonchev–Trinajstić information content (AvgIpc) is 2.46. The van der Waals surface area contributed by atoms with E-state index in [2.05, 4.69) is 5.32 Å². The number of rotatable bonds is 10. The first kappa shape index (κ1) is 16.4. The van der Waals surface area contributed by atoms with Crippen molar-refractivity contribution in [2.75, 3.05) is 66.3 Å². The van der Waals surface area contributed by atoms with Crippen LogP contribution in [0.25, 0.3) is 0 Å². The summed E-state index contributed by atoms with van der Waals surface area (Å²) in [6.07, 6.45) is 2.02. The van der Waals surface area contributed by atoms with Gasteiger partial charge in [0.2, 0.25) is 5.91 Å². The fourth-order valence-electron chi connectivity index (χ4n) is 1.82. The molecule has 0 saturated carbocycles. The van der Waals surface area contributed by atoms with Crippen molar-refractivity contribution in [3.05, 3.63) is 0 Å². The number of amides is 1. The van der Waals surface area contributed by atoms with Gasteiger partial charge in [-0.05, 0) is 19.4 Å². The fourth-order valence-corrected chi connectivity index (χ4v) is 1.82. The molecule has 112 valence electrons. The molecule has 1 saturated heterocycles. The summed E-state index contributed by atoms with van der Waals surface area (Å²) in [5.41, 5.74) is 0. The van der Waals surface area contributed by atoms with E-state index >= 15 is 0 Å². The topological polar surface area (TPSA) is 60.0 Å². The Morgan fingerprint density at radius 3 is 2.74 bits per heavy atom. The number of hydrogen-bond donors (Lipinski definition) is 1. The quantitative estimate of drug-likeness (QED) is 0.563. The van der Waals surface area contributed by atoms with Crippen LogP contribution in [-0.4, -0.2) is 77.1 Å². The lowest BCUT2D eigenvalue weighted by atomic mass is 10.3. The van der Waals surface area contributed by atoms with Crippen molar-refractivity contribution in [1.29, 1.82) is 0 Å². The number of nitrogens with one attached hydrogen (secondary N) is 1. The Morgan fingerprint density at radius 1 is 1.21 bits per heavy atom. The van der Waals surface area contributed by atoms with Crippen LogP contribution >= 0.6 is 0 Å². The lowest BCUT2D eigenvalue weighted by Crippen LogP contribution is -2.44. The van der Waals surface area contributed by atoms with E-state index in [0.717, 1.165) is 26.0 Å². The van der Waals surface area contributed by atoms with Crippen LogP contribution in [0.1, 0.15) is 12.8 Å². The second-order valence-corrected chi connectivity index (χ2v) is 4.48. The van der Waals surface area contributed by atoms with Gasteiger partial charge < -0.3 is 24.4 Å². The number of hydrogen-bond acceptors (Lipinski definition) is 5.